The monoisotopic (exact) mass is 214 g/mol. The summed E-state index contributed by atoms with van der Waals surface area (Å²) in [7, 11) is 0. The average molecular weight is 215 g/mol. The van der Waals surface area contributed by atoms with Crippen LogP contribution in [-0.4, -0.2) is 5.97 Å². The van der Waals surface area contributed by atoms with Gasteiger partial charge in [-0.05, 0) is 6.07 Å². The summed E-state index contributed by atoms with van der Waals surface area (Å²) >= 11 is 5.20. The van der Waals surface area contributed by atoms with Gasteiger partial charge >= 0.3 is 29.6 Å². The fourth-order valence-electron chi connectivity index (χ4n) is 0.705. The smallest absolute Gasteiger partial charge is 0.545 e. The van der Waals surface area contributed by atoms with Crippen LogP contribution in [0.4, 0.5) is 8.78 Å². The maximum absolute atomic E-state index is 12.5. The summed E-state index contributed by atoms with van der Waals surface area (Å²) in [4.78, 5) is 10.2. The molecule has 1 aromatic carbocycles. The number of aromatic carboxylic acids is 1. The van der Waals surface area contributed by atoms with E-state index in [1.165, 1.54) is 0 Å². The number of carbonyl (C=O) groups excluding carboxylic acids is 1. The van der Waals surface area contributed by atoms with Gasteiger partial charge < -0.3 is 9.90 Å². The van der Waals surface area contributed by atoms with Crippen LogP contribution in [0.15, 0.2) is 12.1 Å². The number of hydrogen-bond donors (Lipinski definition) is 0. The molecule has 0 aromatic heterocycles. The third kappa shape index (κ3) is 2.91. The second-order valence-corrected chi connectivity index (χ2v) is 2.41. The molecule has 0 saturated carbocycles. The standard InChI is InChI=1S/C7H3ClF2O2.Na/c8-6-4(7(11)12)1-3(9)2-5(6)10;/h1-2H,(H,11,12);/q;+1/p-1. The molecule has 6 heteroatoms. The third-order valence-corrected chi connectivity index (χ3v) is 1.60. The van der Waals surface area contributed by atoms with Crippen molar-refractivity contribution in [2.75, 3.05) is 0 Å². The van der Waals surface area contributed by atoms with Crippen LogP contribution in [0.2, 0.25) is 5.02 Å². The zero-order valence-electron chi connectivity index (χ0n) is 6.61. The summed E-state index contributed by atoms with van der Waals surface area (Å²) in [5.74, 6) is -3.83. The Hall–Kier alpha value is -0.160. The Balaban J connectivity index is 0.00000144. The maximum Gasteiger partial charge on any atom is 1.00 e. The number of carboxylic acid groups (broad SMARTS) is 1. The van der Waals surface area contributed by atoms with Crippen LogP contribution in [0.1, 0.15) is 10.4 Å². The summed E-state index contributed by atoms with van der Waals surface area (Å²) < 4.78 is 24.9. The number of rotatable bonds is 1. The normalized spacial score (nSPS) is 9.15. The topological polar surface area (TPSA) is 40.1 Å². The molecule has 0 fully saturated rings. The van der Waals surface area contributed by atoms with E-state index in [9.17, 15) is 18.7 Å². The predicted octanol–water partition coefficient (Wildman–Crippen LogP) is -2.01. The van der Waals surface area contributed by atoms with Crippen LogP contribution in [-0.2, 0) is 0 Å². The zero-order valence-corrected chi connectivity index (χ0v) is 9.36. The van der Waals surface area contributed by atoms with Crippen molar-refractivity contribution in [3.8, 4) is 0 Å². The largest absolute Gasteiger partial charge is 1.00 e. The SMILES string of the molecule is O=C([O-])c1cc(F)cc(F)c1Cl.[Na+]. The molecule has 0 aliphatic carbocycles. The Morgan fingerprint density at radius 1 is 1.38 bits per heavy atom. The Bertz CT molecular complexity index is 344. The van der Waals surface area contributed by atoms with E-state index in [-0.39, 0.29) is 29.6 Å². The molecule has 0 spiro atoms. The second kappa shape index (κ2) is 4.91. The van der Waals surface area contributed by atoms with Crippen molar-refractivity contribution in [1.82, 2.24) is 0 Å². The van der Waals surface area contributed by atoms with Gasteiger partial charge in [0.05, 0.1) is 11.0 Å². The first-order valence-corrected chi connectivity index (χ1v) is 3.26. The van der Waals surface area contributed by atoms with Gasteiger partial charge in [0.25, 0.3) is 0 Å². The molecule has 0 unspecified atom stereocenters. The zero-order chi connectivity index (χ0) is 9.30. The molecule has 13 heavy (non-hydrogen) atoms. The van der Waals surface area contributed by atoms with E-state index in [1.54, 1.807) is 0 Å². The number of carboxylic acids is 1. The molecule has 0 heterocycles. The van der Waals surface area contributed by atoms with E-state index in [4.69, 9.17) is 11.6 Å². The van der Waals surface area contributed by atoms with Gasteiger partial charge in [-0.15, -0.1) is 0 Å². The van der Waals surface area contributed by atoms with Crippen molar-refractivity contribution >= 4 is 17.6 Å². The van der Waals surface area contributed by atoms with Gasteiger partial charge in [0.2, 0.25) is 0 Å². The quantitative estimate of drug-likeness (QED) is 0.400. The minimum Gasteiger partial charge on any atom is -0.545 e. The van der Waals surface area contributed by atoms with Crippen molar-refractivity contribution in [1.29, 1.82) is 0 Å². The maximum atomic E-state index is 12.5. The number of halogens is 3. The van der Waals surface area contributed by atoms with Gasteiger partial charge in [-0.1, -0.05) is 11.6 Å². The molecule has 0 amide bonds. The van der Waals surface area contributed by atoms with Crippen LogP contribution >= 0.6 is 11.6 Å². The molecule has 0 bridgehead atoms. The summed E-state index contributed by atoms with van der Waals surface area (Å²) in [5.41, 5.74) is -0.686. The van der Waals surface area contributed by atoms with E-state index < -0.39 is 28.2 Å². The summed E-state index contributed by atoms with van der Waals surface area (Å²) in [5, 5.41) is 9.56. The van der Waals surface area contributed by atoms with Crippen molar-refractivity contribution in [3.05, 3.63) is 34.4 Å². The molecule has 0 N–H and O–H groups in total. The van der Waals surface area contributed by atoms with E-state index in [2.05, 4.69) is 0 Å². The molecule has 64 valence electrons. The minimum atomic E-state index is -1.71. The number of hydrogen-bond acceptors (Lipinski definition) is 2. The molecular formula is C7H2ClF2NaO2. The van der Waals surface area contributed by atoms with Gasteiger partial charge in [-0.25, -0.2) is 8.78 Å². The minimum absolute atomic E-state index is 0. The molecule has 0 saturated heterocycles. The van der Waals surface area contributed by atoms with Crippen molar-refractivity contribution < 1.29 is 48.2 Å². The Morgan fingerprint density at radius 3 is 2.38 bits per heavy atom. The van der Waals surface area contributed by atoms with E-state index in [0.717, 1.165) is 0 Å². The van der Waals surface area contributed by atoms with E-state index >= 15 is 0 Å². The Labute approximate surface area is 99.8 Å². The molecule has 0 atom stereocenters. The molecule has 2 nitrogen and oxygen atoms in total. The molecule has 1 aromatic rings. The number of benzene rings is 1. The van der Waals surface area contributed by atoms with E-state index in [0.29, 0.717) is 12.1 Å². The Morgan fingerprint density at radius 2 is 1.92 bits per heavy atom. The Kier molecular flexibility index (Phi) is 4.85. The first-order chi connectivity index (χ1) is 5.52. The summed E-state index contributed by atoms with van der Waals surface area (Å²) in [6, 6.07) is 1.09. The van der Waals surface area contributed by atoms with E-state index in [1.807, 2.05) is 0 Å². The van der Waals surface area contributed by atoms with Gasteiger partial charge in [0.1, 0.15) is 11.6 Å². The van der Waals surface area contributed by atoms with Gasteiger partial charge in [0.15, 0.2) is 0 Å². The third-order valence-electron chi connectivity index (χ3n) is 1.21. The molecular weight excluding hydrogens is 213 g/mol. The first kappa shape index (κ1) is 12.8. The van der Waals surface area contributed by atoms with Crippen LogP contribution in [0.5, 0.6) is 0 Å². The van der Waals surface area contributed by atoms with Crippen molar-refractivity contribution in [2.24, 2.45) is 0 Å². The molecule has 0 aliphatic heterocycles. The van der Waals surface area contributed by atoms with Gasteiger partial charge in [-0.3, -0.25) is 0 Å². The van der Waals surface area contributed by atoms with Gasteiger partial charge in [0, 0.05) is 11.6 Å². The predicted molar refractivity (Wildman–Crippen MR) is 35.7 cm³/mol. The molecule has 1 rings (SSSR count). The second-order valence-electron chi connectivity index (χ2n) is 2.04. The van der Waals surface area contributed by atoms with Crippen molar-refractivity contribution in [2.45, 2.75) is 0 Å². The first-order valence-electron chi connectivity index (χ1n) is 2.88. The molecule has 0 aliphatic rings. The summed E-state index contributed by atoms with van der Waals surface area (Å²) in [6.45, 7) is 0. The van der Waals surface area contributed by atoms with Gasteiger partial charge in [-0.2, -0.15) is 0 Å². The average Bonchev–Trinajstić information content (AvgIpc) is 1.96. The van der Waals surface area contributed by atoms with Crippen LogP contribution in [0.3, 0.4) is 0 Å². The van der Waals surface area contributed by atoms with Crippen LogP contribution in [0, 0.1) is 11.6 Å². The van der Waals surface area contributed by atoms with Crippen LogP contribution in [0.25, 0.3) is 0 Å². The fourth-order valence-corrected chi connectivity index (χ4v) is 0.891. The van der Waals surface area contributed by atoms with Crippen LogP contribution < -0.4 is 34.7 Å². The summed E-state index contributed by atoms with van der Waals surface area (Å²) in [6.07, 6.45) is 0. The molecule has 0 radical (unpaired) electrons. The number of carbonyl (C=O) groups is 1. The fraction of sp³-hybridized carbons (Fsp3) is 0. The van der Waals surface area contributed by atoms with Crippen molar-refractivity contribution in [3.63, 3.8) is 0 Å².